The van der Waals surface area contributed by atoms with Gasteiger partial charge in [0.1, 0.15) is 0 Å². The van der Waals surface area contributed by atoms with Gasteiger partial charge in [-0.3, -0.25) is 4.98 Å². The first-order valence-electron chi connectivity index (χ1n) is 5.70. The summed E-state index contributed by atoms with van der Waals surface area (Å²) in [4.78, 5) is 4.26. The number of nitrogens with one attached hydrogen (secondary N) is 1. The molecule has 0 unspecified atom stereocenters. The van der Waals surface area contributed by atoms with Crippen molar-refractivity contribution < 1.29 is 0 Å². The van der Waals surface area contributed by atoms with Crippen LogP contribution in [0.25, 0.3) is 6.08 Å². The zero-order chi connectivity index (χ0) is 11.9. The number of rotatable bonds is 5. The second-order valence-electron chi connectivity index (χ2n) is 3.87. The first-order chi connectivity index (χ1) is 8.38. The highest BCUT2D eigenvalue weighted by atomic mass is 14.9. The Morgan fingerprint density at radius 2 is 2.06 bits per heavy atom. The summed E-state index contributed by atoms with van der Waals surface area (Å²) >= 11 is 0. The first-order valence-corrected chi connectivity index (χ1v) is 5.70. The average molecular weight is 224 g/mol. The van der Waals surface area contributed by atoms with Crippen LogP contribution in [0.2, 0.25) is 0 Å². The molecule has 2 aromatic rings. The molecule has 1 aromatic carbocycles. The summed E-state index contributed by atoms with van der Waals surface area (Å²) in [5.74, 6) is 0. The van der Waals surface area contributed by atoms with E-state index >= 15 is 0 Å². The van der Waals surface area contributed by atoms with Crippen LogP contribution in [-0.4, -0.2) is 4.98 Å². The molecule has 0 bridgehead atoms. The normalized spacial score (nSPS) is 10.1. The van der Waals surface area contributed by atoms with Crippen molar-refractivity contribution in [1.29, 1.82) is 0 Å². The van der Waals surface area contributed by atoms with Crippen LogP contribution in [0, 0.1) is 0 Å². The molecule has 2 rings (SSSR count). The highest BCUT2D eigenvalue weighted by Gasteiger charge is 1.95. The van der Waals surface area contributed by atoms with Crippen molar-refractivity contribution in [1.82, 2.24) is 10.3 Å². The Morgan fingerprint density at radius 1 is 1.12 bits per heavy atom. The predicted octanol–water partition coefficient (Wildman–Crippen LogP) is 3.01. The predicted molar refractivity (Wildman–Crippen MR) is 71.3 cm³/mol. The maximum absolute atomic E-state index is 4.26. The third-order valence-electron chi connectivity index (χ3n) is 2.55. The van der Waals surface area contributed by atoms with Crippen LogP contribution in [-0.2, 0) is 13.1 Å². The fourth-order valence-electron chi connectivity index (χ4n) is 1.67. The van der Waals surface area contributed by atoms with Gasteiger partial charge in [0.15, 0.2) is 0 Å². The van der Waals surface area contributed by atoms with Crippen molar-refractivity contribution in [3.05, 3.63) is 72.1 Å². The zero-order valence-electron chi connectivity index (χ0n) is 9.76. The summed E-state index contributed by atoms with van der Waals surface area (Å²) in [6.45, 7) is 5.41. The molecule has 0 amide bonds. The standard InChI is InChI=1S/C15H16N2/c1-2-13-6-5-7-14(10-13)11-16-12-15-8-3-4-9-17-15/h2-10,16H,1,11-12H2. The number of pyridine rings is 1. The maximum Gasteiger partial charge on any atom is 0.0541 e. The Hall–Kier alpha value is -1.93. The summed E-state index contributed by atoms with van der Waals surface area (Å²) in [7, 11) is 0. The van der Waals surface area contributed by atoms with Gasteiger partial charge in [0, 0.05) is 19.3 Å². The summed E-state index contributed by atoms with van der Waals surface area (Å²) in [5.41, 5.74) is 3.48. The third kappa shape index (κ3) is 3.54. The van der Waals surface area contributed by atoms with Gasteiger partial charge in [-0.25, -0.2) is 0 Å². The van der Waals surface area contributed by atoms with Crippen molar-refractivity contribution in [2.75, 3.05) is 0 Å². The van der Waals surface area contributed by atoms with Gasteiger partial charge in [-0.1, -0.05) is 43.0 Å². The maximum atomic E-state index is 4.26. The molecule has 0 radical (unpaired) electrons. The van der Waals surface area contributed by atoms with E-state index in [1.54, 1.807) is 0 Å². The second kappa shape index (κ2) is 5.97. The molecule has 2 nitrogen and oxygen atoms in total. The Labute approximate surface area is 102 Å². The van der Waals surface area contributed by atoms with E-state index in [-0.39, 0.29) is 0 Å². The van der Waals surface area contributed by atoms with E-state index in [0.29, 0.717) is 0 Å². The molecule has 0 aliphatic carbocycles. The highest BCUT2D eigenvalue weighted by molar-refractivity contribution is 5.47. The number of aromatic nitrogens is 1. The minimum absolute atomic E-state index is 0.791. The van der Waals surface area contributed by atoms with E-state index in [4.69, 9.17) is 0 Å². The molecule has 1 heterocycles. The van der Waals surface area contributed by atoms with Crippen LogP contribution >= 0.6 is 0 Å². The fourth-order valence-corrected chi connectivity index (χ4v) is 1.67. The molecule has 0 aliphatic heterocycles. The lowest BCUT2D eigenvalue weighted by Crippen LogP contribution is -2.13. The van der Waals surface area contributed by atoms with Gasteiger partial charge in [0.25, 0.3) is 0 Å². The minimum atomic E-state index is 0.791. The Morgan fingerprint density at radius 3 is 2.82 bits per heavy atom. The summed E-state index contributed by atoms with van der Waals surface area (Å²) in [5, 5.41) is 3.37. The lowest BCUT2D eigenvalue weighted by Gasteiger charge is -2.05. The zero-order valence-corrected chi connectivity index (χ0v) is 9.76. The first kappa shape index (κ1) is 11.6. The van der Waals surface area contributed by atoms with Crippen molar-refractivity contribution >= 4 is 6.08 Å². The molecule has 17 heavy (non-hydrogen) atoms. The van der Waals surface area contributed by atoms with Crippen LogP contribution in [0.1, 0.15) is 16.8 Å². The molecule has 86 valence electrons. The molecule has 0 atom stereocenters. The summed E-state index contributed by atoms with van der Waals surface area (Å²) < 4.78 is 0. The largest absolute Gasteiger partial charge is 0.307 e. The van der Waals surface area contributed by atoms with Crippen molar-refractivity contribution in [3.8, 4) is 0 Å². The van der Waals surface area contributed by atoms with Gasteiger partial charge in [-0.05, 0) is 23.3 Å². The van der Waals surface area contributed by atoms with Crippen LogP contribution in [0.5, 0.6) is 0 Å². The topological polar surface area (TPSA) is 24.9 Å². The quantitative estimate of drug-likeness (QED) is 0.844. The minimum Gasteiger partial charge on any atom is -0.307 e. The molecule has 0 saturated carbocycles. The summed E-state index contributed by atoms with van der Waals surface area (Å²) in [6, 6.07) is 14.3. The molecule has 0 fully saturated rings. The molecule has 1 aromatic heterocycles. The monoisotopic (exact) mass is 224 g/mol. The van der Waals surface area contributed by atoms with Gasteiger partial charge in [0.2, 0.25) is 0 Å². The van der Waals surface area contributed by atoms with E-state index in [0.717, 1.165) is 24.3 Å². The third-order valence-corrected chi connectivity index (χ3v) is 2.55. The van der Waals surface area contributed by atoms with Gasteiger partial charge in [0.05, 0.1) is 5.69 Å². The summed E-state index contributed by atoms with van der Waals surface area (Å²) in [6.07, 6.45) is 3.68. The van der Waals surface area contributed by atoms with Crippen LogP contribution < -0.4 is 5.32 Å². The number of benzene rings is 1. The molecule has 0 aliphatic rings. The van der Waals surface area contributed by atoms with Crippen molar-refractivity contribution in [3.63, 3.8) is 0 Å². The molecule has 0 saturated heterocycles. The smallest absolute Gasteiger partial charge is 0.0541 e. The van der Waals surface area contributed by atoms with E-state index in [1.165, 1.54) is 5.56 Å². The Balaban J connectivity index is 1.88. The van der Waals surface area contributed by atoms with Gasteiger partial charge >= 0.3 is 0 Å². The molecule has 0 spiro atoms. The van der Waals surface area contributed by atoms with Crippen LogP contribution in [0.3, 0.4) is 0 Å². The highest BCUT2D eigenvalue weighted by Crippen LogP contribution is 2.06. The van der Waals surface area contributed by atoms with Crippen molar-refractivity contribution in [2.24, 2.45) is 0 Å². The number of hydrogen-bond acceptors (Lipinski definition) is 2. The van der Waals surface area contributed by atoms with Crippen LogP contribution in [0.4, 0.5) is 0 Å². The van der Waals surface area contributed by atoms with E-state index in [2.05, 4.69) is 41.1 Å². The van der Waals surface area contributed by atoms with Gasteiger partial charge in [-0.15, -0.1) is 0 Å². The Bertz CT molecular complexity index is 477. The van der Waals surface area contributed by atoms with E-state index in [1.807, 2.05) is 30.5 Å². The Kier molecular flexibility index (Phi) is 4.05. The lowest BCUT2D eigenvalue weighted by molar-refractivity contribution is 0.679. The van der Waals surface area contributed by atoms with Gasteiger partial charge < -0.3 is 5.32 Å². The second-order valence-corrected chi connectivity index (χ2v) is 3.87. The van der Waals surface area contributed by atoms with Crippen molar-refractivity contribution in [2.45, 2.75) is 13.1 Å². The number of hydrogen-bond donors (Lipinski definition) is 1. The van der Waals surface area contributed by atoms with E-state index in [9.17, 15) is 0 Å². The molecular formula is C15H16N2. The molecule has 1 N–H and O–H groups in total. The van der Waals surface area contributed by atoms with E-state index < -0.39 is 0 Å². The fraction of sp³-hybridized carbons (Fsp3) is 0.133. The lowest BCUT2D eigenvalue weighted by atomic mass is 10.1. The SMILES string of the molecule is C=Cc1cccc(CNCc2ccccn2)c1. The molecular weight excluding hydrogens is 208 g/mol. The van der Waals surface area contributed by atoms with Crippen LogP contribution in [0.15, 0.2) is 55.2 Å². The van der Waals surface area contributed by atoms with Gasteiger partial charge in [-0.2, -0.15) is 0 Å². The number of nitrogens with zero attached hydrogens (tertiary/aromatic N) is 1. The average Bonchev–Trinajstić information content (AvgIpc) is 2.40. The molecule has 2 heteroatoms.